The molecule has 1 saturated carbocycles. The quantitative estimate of drug-likeness (QED) is 0.769. The molecule has 26 heavy (non-hydrogen) atoms. The summed E-state index contributed by atoms with van der Waals surface area (Å²) in [6.07, 6.45) is 11.2. The van der Waals surface area contributed by atoms with Crippen LogP contribution in [0.4, 0.5) is 0 Å². The van der Waals surface area contributed by atoms with Crippen molar-refractivity contribution in [2.45, 2.75) is 37.8 Å². The van der Waals surface area contributed by atoms with Gasteiger partial charge in [0.25, 0.3) is 0 Å². The van der Waals surface area contributed by atoms with E-state index in [1.165, 1.54) is 12.4 Å². The molecule has 3 aliphatic rings. The van der Waals surface area contributed by atoms with E-state index in [0.717, 1.165) is 69.2 Å². The molecule has 0 aromatic heterocycles. The Morgan fingerprint density at radius 3 is 2.42 bits per heavy atom. The molecule has 1 aliphatic heterocycles. The smallest absolute Gasteiger partial charge is 0.149 e. The van der Waals surface area contributed by atoms with Crippen LogP contribution in [0.15, 0.2) is 59.2 Å². The van der Waals surface area contributed by atoms with E-state index in [0.29, 0.717) is 5.71 Å². The average Bonchev–Trinajstić information content (AvgIpc) is 2.67. The van der Waals surface area contributed by atoms with Gasteiger partial charge in [-0.2, -0.15) is 0 Å². The topological polar surface area (TPSA) is 72.4 Å². The minimum Gasteiger partial charge on any atom is -0.488 e. The number of hydrogen-bond donors (Lipinski definition) is 1. The third kappa shape index (κ3) is 4.51. The number of hydrogen-bond acceptors (Lipinski definition) is 6. The van der Waals surface area contributed by atoms with Gasteiger partial charge in [-0.1, -0.05) is 13.2 Å². The van der Waals surface area contributed by atoms with E-state index >= 15 is 0 Å². The van der Waals surface area contributed by atoms with Crippen LogP contribution in [-0.4, -0.2) is 54.8 Å². The normalized spacial score (nSPS) is 30.0. The highest BCUT2D eigenvalue weighted by Gasteiger charge is 2.27. The first kappa shape index (κ1) is 18.6. The van der Waals surface area contributed by atoms with Gasteiger partial charge in [-0.25, -0.2) is 0 Å². The Labute approximate surface area is 155 Å². The number of nitrogens with two attached hydrogens (primary N) is 1. The summed E-state index contributed by atoms with van der Waals surface area (Å²) in [5.41, 5.74) is 8.53. The van der Waals surface area contributed by atoms with Gasteiger partial charge >= 0.3 is 0 Å². The molecule has 2 fully saturated rings. The van der Waals surface area contributed by atoms with Crippen molar-refractivity contribution in [1.29, 1.82) is 0 Å². The molecule has 1 saturated heterocycles. The van der Waals surface area contributed by atoms with Crippen molar-refractivity contribution in [3.8, 4) is 0 Å². The van der Waals surface area contributed by atoms with Gasteiger partial charge in [0, 0.05) is 43.3 Å². The van der Waals surface area contributed by atoms with Crippen molar-refractivity contribution >= 4 is 11.4 Å². The lowest BCUT2D eigenvalue weighted by Crippen LogP contribution is -2.37. The van der Waals surface area contributed by atoms with Crippen molar-refractivity contribution in [2.75, 3.05) is 26.3 Å². The lowest BCUT2D eigenvalue weighted by molar-refractivity contribution is 0.0544. The highest BCUT2D eigenvalue weighted by atomic mass is 16.5. The van der Waals surface area contributed by atoms with Crippen molar-refractivity contribution in [3.63, 3.8) is 0 Å². The minimum atomic E-state index is 0.157. The Balaban J connectivity index is 1.87. The molecule has 2 N–H and O–H groups in total. The molecule has 140 valence electrons. The lowest BCUT2D eigenvalue weighted by Gasteiger charge is -2.33. The third-order valence-electron chi connectivity index (χ3n) is 4.88. The second kappa shape index (κ2) is 8.96. The predicted octanol–water partition coefficient (Wildman–Crippen LogP) is 2.56. The number of aliphatic imine (C=N–C) groups is 2. The highest BCUT2D eigenvalue weighted by molar-refractivity contribution is 6.52. The van der Waals surface area contributed by atoms with Gasteiger partial charge in [0.1, 0.15) is 11.5 Å². The van der Waals surface area contributed by atoms with Crippen LogP contribution < -0.4 is 5.73 Å². The standard InChI is InChI=1S/C20H28N4O2/c1-3-22-18-13-16(24-9-11-25-12-10-24)14-19(20(18)23-4-2)26-17-7-5-15(21)6-8-17/h3-4,13-15,17H,1-2,5-12,21H2/b22-18-,23-20+/t15-,17+. The second-order valence-corrected chi connectivity index (χ2v) is 6.69. The highest BCUT2D eigenvalue weighted by Crippen LogP contribution is 2.26. The molecule has 3 rings (SSSR count). The van der Waals surface area contributed by atoms with Crippen LogP contribution in [0.25, 0.3) is 0 Å². The molecule has 0 aromatic rings. The number of rotatable bonds is 5. The Kier molecular flexibility index (Phi) is 6.41. The minimum absolute atomic E-state index is 0.157. The van der Waals surface area contributed by atoms with E-state index in [1.54, 1.807) is 0 Å². The molecule has 1 heterocycles. The summed E-state index contributed by atoms with van der Waals surface area (Å²) in [5, 5.41) is 0. The van der Waals surface area contributed by atoms with Crippen LogP contribution in [0.5, 0.6) is 0 Å². The first-order chi connectivity index (χ1) is 12.7. The zero-order valence-corrected chi connectivity index (χ0v) is 15.3. The Morgan fingerprint density at radius 2 is 1.77 bits per heavy atom. The molecule has 0 bridgehead atoms. The van der Waals surface area contributed by atoms with Gasteiger partial charge in [-0.3, -0.25) is 9.98 Å². The maximum atomic E-state index is 6.36. The van der Waals surface area contributed by atoms with Crippen LogP contribution in [-0.2, 0) is 9.47 Å². The molecule has 0 amide bonds. The summed E-state index contributed by atoms with van der Waals surface area (Å²) in [4.78, 5) is 11.1. The molecule has 0 radical (unpaired) electrons. The van der Waals surface area contributed by atoms with Crippen molar-refractivity contribution in [2.24, 2.45) is 15.7 Å². The average molecular weight is 356 g/mol. The maximum absolute atomic E-state index is 6.36. The van der Waals surface area contributed by atoms with Gasteiger partial charge in [-0.05, 0) is 31.8 Å². The molecule has 0 aromatic carbocycles. The summed E-state index contributed by atoms with van der Waals surface area (Å²) in [6, 6.07) is 0.290. The monoisotopic (exact) mass is 356 g/mol. The summed E-state index contributed by atoms with van der Waals surface area (Å²) in [5.74, 6) is 0.745. The van der Waals surface area contributed by atoms with Gasteiger partial charge < -0.3 is 20.1 Å². The van der Waals surface area contributed by atoms with E-state index in [-0.39, 0.29) is 12.1 Å². The number of ether oxygens (including phenoxy) is 2. The summed E-state index contributed by atoms with van der Waals surface area (Å²) in [7, 11) is 0. The van der Waals surface area contributed by atoms with Crippen molar-refractivity contribution in [1.82, 2.24) is 4.90 Å². The Morgan fingerprint density at radius 1 is 1.08 bits per heavy atom. The summed E-state index contributed by atoms with van der Waals surface area (Å²) in [6.45, 7) is 10.6. The lowest BCUT2D eigenvalue weighted by atomic mass is 9.93. The van der Waals surface area contributed by atoms with Crippen LogP contribution in [0, 0.1) is 0 Å². The predicted molar refractivity (Wildman–Crippen MR) is 105 cm³/mol. The zero-order valence-electron chi connectivity index (χ0n) is 15.3. The van der Waals surface area contributed by atoms with Crippen LogP contribution in [0.3, 0.4) is 0 Å². The van der Waals surface area contributed by atoms with Crippen molar-refractivity contribution in [3.05, 3.63) is 49.2 Å². The number of morpholine rings is 1. The number of nitrogens with zero attached hydrogens (tertiary/aromatic N) is 3. The first-order valence-electron chi connectivity index (χ1n) is 9.27. The molecule has 2 aliphatic carbocycles. The summed E-state index contributed by atoms with van der Waals surface area (Å²) >= 11 is 0. The zero-order chi connectivity index (χ0) is 18.4. The second-order valence-electron chi connectivity index (χ2n) is 6.69. The Hall–Kier alpha value is -2.18. The van der Waals surface area contributed by atoms with Gasteiger partial charge in [-0.15, -0.1) is 0 Å². The third-order valence-corrected chi connectivity index (χ3v) is 4.88. The maximum Gasteiger partial charge on any atom is 0.149 e. The fourth-order valence-corrected chi connectivity index (χ4v) is 3.48. The molecule has 0 atom stereocenters. The Bertz CT molecular complexity index is 649. The van der Waals surface area contributed by atoms with E-state index in [4.69, 9.17) is 15.2 Å². The SMILES string of the molecule is C=C/N=C1/C=C(N2CCOCC2)C=C(O[C@H]2CC[C@@H](N)CC2)/C1=N/C=C. The van der Waals surface area contributed by atoms with Crippen LogP contribution >= 0.6 is 0 Å². The van der Waals surface area contributed by atoms with E-state index in [9.17, 15) is 0 Å². The van der Waals surface area contributed by atoms with Crippen LogP contribution in [0.1, 0.15) is 25.7 Å². The van der Waals surface area contributed by atoms with Gasteiger partial charge in [0.05, 0.1) is 25.0 Å². The van der Waals surface area contributed by atoms with E-state index < -0.39 is 0 Å². The fourth-order valence-electron chi connectivity index (χ4n) is 3.48. The molecule has 0 spiro atoms. The van der Waals surface area contributed by atoms with Gasteiger partial charge in [0.2, 0.25) is 0 Å². The summed E-state index contributed by atoms with van der Waals surface area (Å²) < 4.78 is 11.8. The largest absolute Gasteiger partial charge is 0.488 e. The molecular formula is C20H28N4O2. The van der Waals surface area contributed by atoms with Crippen molar-refractivity contribution < 1.29 is 9.47 Å². The van der Waals surface area contributed by atoms with E-state index in [2.05, 4.69) is 34.1 Å². The first-order valence-corrected chi connectivity index (χ1v) is 9.27. The molecule has 0 unspecified atom stereocenters. The molecular weight excluding hydrogens is 328 g/mol. The van der Waals surface area contributed by atoms with Gasteiger partial charge in [0.15, 0.2) is 0 Å². The molecule has 6 heteroatoms. The fraction of sp³-hybridized carbons (Fsp3) is 0.500. The van der Waals surface area contributed by atoms with E-state index in [1.807, 2.05) is 6.08 Å². The molecule has 6 nitrogen and oxygen atoms in total. The van der Waals surface area contributed by atoms with Crippen LogP contribution in [0.2, 0.25) is 0 Å². The number of allylic oxidation sites excluding steroid dienone is 3.